The number of carbonyl (C=O) groups excluding carboxylic acids is 3. The van der Waals surface area contributed by atoms with Gasteiger partial charge in [-0.1, -0.05) is 6.92 Å². The molecule has 3 amide bonds. The van der Waals surface area contributed by atoms with Crippen LogP contribution in [0.4, 0.5) is 4.79 Å². The molecule has 3 N–H and O–H groups in total. The predicted molar refractivity (Wildman–Crippen MR) is 98.6 cm³/mol. The maximum Gasteiger partial charge on any atom is 0.338 e. The number of nitrogens with one attached hydrogen (secondary N) is 3. The van der Waals surface area contributed by atoms with Crippen molar-refractivity contribution in [3.8, 4) is 0 Å². The second kappa shape index (κ2) is 8.96. The van der Waals surface area contributed by atoms with E-state index in [0.717, 1.165) is 0 Å². The predicted octanol–water partition coefficient (Wildman–Crippen LogP) is 1.15. The Bertz CT molecular complexity index is 797. The second-order valence-electron chi connectivity index (χ2n) is 6.77. The Hall–Kier alpha value is -2.46. The van der Waals surface area contributed by atoms with E-state index in [-0.39, 0.29) is 17.0 Å². The molecule has 1 rings (SSSR count). The van der Waals surface area contributed by atoms with Crippen LogP contribution in [0.25, 0.3) is 0 Å². The van der Waals surface area contributed by atoms with Gasteiger partial charge < -0.3 is 10.1 Å². The van der Waals surface area contributed by atoms with Crippen LogP contribution in [-0.2, 0) is 19.6 Å². The number of sulfonamides is 1. The molecule has 1 aromatic carbocycles. The van der Waals surface area contributed by atoms with E-state index in [1.54, 1.807) is 27.7 Å². The Morgan fingerprint density at radius 1 is 1.11 bits per heavy atom. The summed E-state index contributed by atoms with van der Waals surface area (Å²) in [7, 11) is -3.63. The van der Waals surface area contributed by atoms with Crippen LogP contribution < -0.4 is 15.4 Å². The summed E-state index contributed by atoms with van der Waals surface area (Å²) >= 11 is 0. The largest absolute Gasteiger partial charge is 0.449 e. The lowest BCUT2D eigenvalue weighted by Crippen LogP contribution is -2.50. The molecule has 0 aliphatic rings. The minimum absolute atomic E-state index is 0.00513. The lowest BCUT2D eigenvalue weighted by Gasteiger charge is -2.21. The molecule has 0 aromatic heterocycles. The highest BCUT2D eigenvalue weighted by molar-refractivity contribution is 7.89. The summed E-state index contributed by atoms with van der Waals surface area (Å²) in [5.74, 6) is -1.60. The third kappa shape index (κ3) is 7.35. The highest BCUT2D eigenvalue weighted by Gasteiger charge is 2.23. The van der Waals surface area contributed by atoms with Gasteiger partial charge in [0.1, 0.15) is 0 Å². The summed E-state index contributed by atoms with van der Waals surface area (Å²) in [5.41, 5.74) is -0.455. The van der Waals surface area contributed by atoms with E-state index in [4.69, 9.17) is 4.74 Å². The van der Waals surface area contributed by atoms with Crippen molar-refractivity contribution in [2.45, 2.75) is 51.2 Å². The molecular weight excluding hydrogens is 374 g/mol. The SMILES string of the molecule is CCNS(=O)(=O)c1ccc(C(=O)O[C@@H](C)C(=O)NC(=O)NC(C)(C)C)cc1. The fourth-order valence-corrected chi connectivity index (χ4v) is 2.95. The molecule has 150 valence electrons. The van der Waals surface area contributed by atoms with Gasteiger partial charge in [-0.25, -0.2) is 22.7 Å². The minimum Gasteiger partial charge on any atom is -0.449 e. The molecule has 0 bridgehead atoms. The van der Waals surface area contributed by atoms with Gasteiger partial charge in [0.05, 0.1) is 10.5 Å². The number of carbonyl (C=O) groups is 3. The standard InChI is InChI=1S/C17H25N3O6S/c1-6-18-27(24,25)13-9-7-12(8-10-13)15(22)26-11(2)14(21)19-16(23)20-17(3,4)5/h7-11,18H,6H2,1-5H3,(H2,19,20,21,23)/t11-/m0/s1. The maximum absolute atomic E-state index is 12.1. The van der Waals surface area contributed by atoms with Gasteiger partial charge in [0, 0.05) is 12.1 Å². The number of rotatable bonds is 6. The number of imide groups is 1. The van der Waals surface area contributed by atoms with Gasteiger partial charge in [0.2, 0.25) is 10.0 Å². The van der Waals surface area contributed by atoms with Gasteiger partial charge in [-0.3, -0.25) is 10.1 Å². The number of esters is 1. The average Bonchev–Trinajstić information content (AvgIpc) is 2.52. The van der Waals surface area contributed by atoms with Gasteiger partial charge >= 0.3 is 12.0 Å². The van der Waals surface area contributed by atoms with Gasteiger partial charge in [-0.2, -0.15) is 0 Å². The third-order valence-corrected chi connectivity index (χ3v) is 4.67. The Kier molecular flexibility index (Phi) is 7.49. The number of benzene rings is 1. The van der Waals surface area contributed by atoms with Crippen molar-refractivity contribution in [3.05, 3.63) is 29.8 Å². The summed E-state index contributed by atoms with van der Waals surface area (Å²) in [5, 5.41) is 4.63. The molecule has 1 aromatic rings. The van der Waals surface area contributed by atoms with Gasteiger partial charge in [0.25, 0.3) is 5.91 Å². The van der Waals surface area contributed by atoms with E-state index in [1.165, 1.54) is 31.2 Å². The lowest BCUT2D eigenvalue weighted by atomic mass is 10.1. The van der Waals surface area contributed by atoms with E-state index in [2.05, 4.69) is 15.4 Å². The molecule has 0 unspecified atom stereocenters. The van der Waals surface area contributed by atoms with Crippen molar-refractivity contribution in [1.29, 1.82) is 0 Å². The monoisotopic (exact) mass is 399 g/mol. The van der Waals surface area contributed by atoms with E-state index >= 15 is 0 Å². The number of hydrogen-bond acceptors (Lipinski definition) is 6. The topological polar surface area (TPSA) is 131 Å². The lowest BCUT2D eigenvalue weighted by molar-refractivity contribution is -0.127. The first-order valence-electron chi connectivity index (χ1n) is 8.29. The summed E-state index contributed by atoms with van der Waals surface area (Å²) in [6, 6.07) is 4.38. The summed E-state index contributed by atoms with van der Waals surface area (Å²) < 4.78 is 31.1. The average molecular weight is 399 g/mol. The summed E-state index contributed by atoms with van der Waals surface area (Å²) in [6.07, 6.45) is -1.21. The van der Waals surface area contributed by atoms with Crippen molar-refractivity contribution in [2.24, 2.45) is 0 Å². The highest BCUT2D eigenvalue weighted by atomic mass is 32.2. The molecule has 1 atom stereocenters. The Morgan fingerprint density at radius 3 is 2.15 bits per heavy atom. The van der Waals surface area contributed by atoms with Crippen molar-refractivity contribution in [2.75, 3.05) is 6.54 Å². The van der Waals surface area contributed by atoms with Crippen molar-refractivity contribution >= 4 is 27.9 Å². The van der Waals surface area contributed by atoms with Crippen LogP contribution in [0.5, 0.6) is 0 Å². The first kappa shape index (κ1) is 22.6. The van der Waals surface area contributed by atoms with Crippen LogP contribution >= 0.6 is 0 Å². The normalized spacial score (nSPS) is 12.8. The van der Waals surface area contributed by atoms with Crippen LogP contribution in [0.15, 0.2) is 29.2 Å². The molecule has 0 aliphatic heterocycles. The van der Waals surface area contributed by atoms with Crippen LogP contribution in [0.2, 0.25) is 0 Å². The van der Waals surface area contributed by atoms with Crippen LogP contribution in [0.1, 0.15) is 45.0 Å². The number of amides is 3. The zero-order valence-electron chi connectivity index (χ0n) is 16.0. The maximum atomic E-state index is 12.1. The number of hydrogen-bond donors (Lipinski definition) is 3. The fourth-order valence-electron chi connectivity index (χ4n) is 1.91. The molecule has 10 heteroatoms. The summed E-state index contributed by atoms with van der Waals surface area (Å²) in [6.45, 7) is 8.46. The molecule has 0 saturated carbocycles. The van der Waals surface area contributed by atoms with Gasteiger partial charge in [-0.05, 0) is 52.0 Å². The van der Waals surface area contributed by atoms with Crippen LogP contribution in [0, 0.1) is 0 Å². The van der Waals surface area contributed by atoms with Crippen LogP contribution in [0.3, 0.4) is 0 Å². The molecule has 0 spiro atoms. The Labute approximate surface area is 158 Å². The smallest absolute Gasteiger partial charge is 0.338 e. The van der Waals surface area contributed by atoms with Gasteiger partial charge in [0.15, 0.2) is 6.10 Å². The Balaban J connectivity index is 2.70. The molecule has 0 heterocycles. The Morgan fingerprint density at radius 2 is 1.67 bits per heavy atom. The van der Waals surface area contributed by atoms with E-state index in [0.29, 0.717) is 0 Å². The molecule has 0 aliphatic carbocycles. The first-order valence-corrected chi connectivity index (χ1v) is 9.77. The molecule has 9 nitrogen and oxygen atoms in total. The second-order valence-corrected chi connectivity index (χ2v) is 8.53. The number of urea groups is 1. The zero-order chi connectivity index (χ0) is 20.8. The van der Waals surface area contributed by atoms with E-state index in [9.17, 15) is 22.8 Å². The molecule has 0 fully saturated rings. The van der Waals surface area contributed by atoms with Crippen molar-refractivity contribution in [3.63, 3.8) is 0 Å². The first-order chi connectivity index (χ1) is 12.4. The van der Waals surface area contributed by atoms with Crippen molar-refractivity contribution < 1.29 is 27.5 Å². The van der Waals surface area contributed by atoms with Crippen LogP contribution in [-0.4, -0.2) is 44.5 Å². The van der Waals surface area contributed by atoms with E-state index in [1.807, 2.05) is 0 Å². The molecule has 27 heavy (non-hydrogen) atoms. The van der Waals surface area contributed by atoms with E-state index < -0.39 is 39.6 Å². The fraction of sp³-hybridized carbons (Fsp3) is 0.471. The molecule has 0 radical (unpaired) electrons. The summed E-state index contributed by atoms with van der Waals surface area (Å²) in [4.78, 5) is 35.7. The number of ether oxygens (including phenoxy) is 1. The quantitative estimate of drug-likeness (QED) is 0.615. The molecular formula is C17H25N3O6S. The van der Waals surface area contributed by atoms with Gasteiger partial charge in [-0.15, -0.1) is 0 Å². The molecule has 0 saturated heterocycles. The third-order valence-electron chi connectivity index (χ3n) is 3.11. The zero-order valence-corrected chi connectivity index (χ0v) is 16.8. The minimum atomic E-state index is -3.63. The van der Waals surface area contributed by atoms with Crippen molar-refractivity contribution in [1.82, 2.24) is 15.4 Å². The highest BCUT2D eigenvalue weighted by Crippen LogP contribution is 2.12.